The molecule has 3 heterocycles. The van der Waals surface area contributed by atoms with Crippen LogP contribution in [0.3, 0.4) is 0 Å². The Morgan fingerprint density at radius 1 is 1.30 bits per heavy atom. The molecule has 4 nitrogen and oxygen atoms in total. The first-order valence-electron chi connectivity index (χ1n) is 7.38. The SMILES string of the molecule is O=C(N[C@@H]1C[C@H]2CCN(C2)C1)c1ccc2cc[nH]c2c1. The molecule has 2 bridgehead atoms. The Bertz CT molecular complexity index is 636. The maximum Gasteiger partial charge on any atom is 0.251 e. The van der Waals surface area contributed by atoms with Crippen LogP contribution in [0.5, 0.6) is 0 Å². The van der Waals surface area contributed by atoms with Gasteiger partial charge in [0.1, 0.15) is 0 Å². The fourth-order valence-corrected chi connectivity index (χ4v) is 3.62. The molecular weight excluding hydrogens is 250 g/mol. The van der Waals surface area contributed by atoms with Crippen LogP contribution in [0.2, 0.25) is 0 Å². The van der Waals surface area contributed by atoms with Crippen LogP contribution >= 0.6 is 0 Å². The normalized spacial score (nSPS) is 28.7. The summed E-state index contributed by atoms with van der Waals surface area (Å²) in [7, 11) is 0. The number of rotatable bonds is 2. The van der Waals surface area contributed by atoms with Crippen LogP contribution in [0, 0.1) is 5.92 Å². The molecule has 4 heteroatoms. The Hall–Kier alpha value is -1.81. The lowest BCUT2D eigenvalue weighted by molar-refractivity contribution is 0.0909. The summed E-state index contributed by atoms with van der Waals surface area (Å²) in [5, 5.41) is 4.34. The molecule has 1 unspecified atom stereocenters. The van der Waals surface area contributed by atoms with E-state index in [1.54, 1.807) is 0 Å². The van der Waals surface area contributed by atoms with E-state index in [0.29, 0.717) is 6.04 Å². The second-order valence-electron chi connectivity index (χ2n) is 6.10. The number of amides is 1. The Morgan fingerprint density at radius 3 is 3.15 bits per heavy atom. The molecule has 4 rings (SSSR count). The minimum Gasteiger partial charge on any atom is -0.361 e. The number of hydrogen-bond donors (Lipinski definition) is 2. The standard InChI is InChI=1S/C16H19N3O/c20-16(13-2-1-12-3-5-17-15(12)8-13)18-14-7-11-4-6-19(9-11)10-14/h1-3,5,8,11,14,17H,4,6-7,9-10H2,(H,18,20)/t11-,14-/m1/s1. The first kappa shape index (κ1) is 12.0. The molecule has 0 radical (unpaired) electrons. The minimum atomic E-state index is 0.0500. The molecule has 2 aliphatic heterocycles. The van der Waals surface area contributed by atoms with Gasteiger partial charge in [-0.1, -0.05) is 6.07 Å². The Kier molecular flexibility index (Phi) is 2.77. The van der Waals surface area contributed by atoms with Gasteiger partial charge in [0, 0.05) is 36.4 Å². The van der Waals surface area contributed by atoms with Gasteiger partial charge in [0.25, 0.3) is 5.91 Å². The van der Waals surface area contributed by atoms with Crippen LogP contribution in [0.15, 0.2) is 30.5 Å². The van der Waals surface area contributed by atoms with E-state index in [0.717, 1.165) is 35.3 Å². The highest BCUT2D eigenvalue weighted by molar-refractivity contribution is 5.98. The summed E-state index contributed by atoms with van der Waals surface area (Å²) in [5.74, 6) is 0.828. The summed E-state index contributed by atoms with van der Waals surface area (Å²) in [6.07, 6.45) is 4.33. The second-order valence-corrected chi connectivity index (χ2v) is 6.10. The number of carbonyl (C=O) groups excluding carboxylic acids is 1. The highest BCUT2D eigenvalue weighted by Crippen LogP contribution is 2.27. The van der Waals surface area contributed by atoms with Crippen LogP contribution in [0.1, 0.15) is 23.2 Å². The summed E-state index contributed by atoms with van der Waals surface area (Å²) < 4.78 is 0. The number of aromatic nitrogens is 1. The molecule has 0 spiro atoms. The predicted octanol–water partition coefficient (Wildman–Crippen LogP) is 1.99. The van der Waals surface area contributed by atoms with Crippen molar-refractivity contribution in [2.24, 2.45) is 5.92 Å². The maximum atomic E-state index is 12.4. The molecule has 2 aromatic rings. The fourth-order valence-electron chi connectivity index (χ4n) is 3.62. The summed E-state index contributed by atoms with van der Waals surface area (Å²) >= 11 is 0. The second kappa shape index (κ2) is 4.63. The van der Waals surface area contributed by atoms with E-state index in [2.05, 4.69) is 15.2 Å². The number of H-pyrrole nitrogens is 1. The molecule has 1 aromatic carbocycles. The number of hydrogen-bond acceptors (Lipinski definition) is 2. The Balaban J connectivity index is 1.49. The fraction of sp³-hybridized carbons (Fsp3) is 0.438. The van der Waals surface area contributed by atoms with Gasteiger partial charge in [-0.2, -0.15) is 0 Å². The molecule has 0 aliphatic carbocycles. The topological polar surface area (TPSA) is 48.1 Å². The van der Waals surface area contributed by atoms with E-state index in [4.69, 9.17) is 0 Å². The quantitative estimate of drug-likeness (QED) is 0.876. The molecule has 20 heavy (non-hydrogen) atoms. The first-order valence-corrected chi connectivity index (χ1v) is 7.38. The summed E-state index contributed by atoms with van der Waals surface area (Å²) in [5.41, 5.74) is 1.76. The highest BCUT2D eigenvalue weighted by atomic mass is 16.1. The smallest absolute Gasteiger partial charge is 0.251 e. The van der Waals surface area contributed by atoms with Gasteiger partial charge in [-0.15, -0.1) is 0 Å². The molecule has 2 saturated heterocycles. The van der Waals surface area contributed by atoms with E-state index in [1.165, 1.54) is 19.5 Å². The molecule has 3 atom stereocenters. The predicted molar refractivity (Wildman–Crippen MR) is 78.7 cm³/mol. The average Bonchev–Trinajstić information content (AvgIpc) is 3.04. The number of nitrogens with one attached hydrogen (secondary N) is 2. The van der Waals surface area contributed by atoms with Crippen molar-refractivity contribution in [3.8, 4) is 0 Å². The summed E-state index contributed by atoms with van der Waals surface area (Å²) in [6, 6.07) is 8.16. The summed E-state index contributed by atoms with van der Waals surface area (Å²) in [6.45, 7) is 3.43. The molecule has 2 N–H and O–H groups in total. The van der Waals surface area contributed by atoms with E-state index in [9.17, 15) is 4.79 Å². The van der Waals surface area contributed by atoms with Crippen molar-refractivity contribution in [3.05, 3.63) is 36.0 Å². The third-order valence-electron chi connectivity index (χ3n) is 4.62. The van der Waals surface area contributed by atoms with E-state index in [1.807, 2.05) is 30.5 Å². The van der Waals surface area contributed by atoms with Gasteiger partial charge in [0.05, 0.1) is 0 Å². The lowest BCUT2D eigenvalue weighted by Crippen LogP contribution is -2.47. The van der Waals surface area contributed by atoms with Gasteiger partial charge < -0.3 is 15.2 Å². The minimum absolute atomic E-state index is 0.0500. The lowest BCUT2D eigenvalue weighted by atomic mass is 9.96. The Morgan fingerprint density at radius 2 is 2.25 bits per heavy atom. The largest absolute Gasteiger partial charge is 0.361 e. The van der Waals surface area contributed by atoms with Crippen LogP contribution in [-0.4, -0.2) is 41.5 Å². The zero-order valence-corrected chi connectivity index (χ0v) is 11.4. The molecule has 2 aliphatic rings. The van der Waals surface area contributed by atoms with Crippen LogP contribution in [0.25, 0.3) is 10.9 Å². The van der Waals surface area contributed by atoms with Crippen molar-refractivity contribution in [2.75, 3.05) is 19.6 Å². The third-order valence-corrected chi connectivity index (χ3v) is 4.62. The average molecular weight is 269 g/mol. The zero-order valence-electron chi connectivity index (χ0n) is 11.4. The molecule has 0 saturated carbocycles. The van der Waals surface area contributed by atoms with Gasteiger partial charge in [-0.05, 0) is 48.9 Å². The van der Waals surface area contributed by atoms with Crippen molar-refractivity contribution in [1.29, 1.82) is 0 Å². The number of nitrogens with zero attached hydrogens (tertiary/aromatic N) is 1. The molecular formula is C16H19N3O. The number of piperidine rings is 1. The van der Waals surface area contributed by atoms with Crippen LogP contribution in [-0.2, 0) is 0 Å². The molecule has 104 valence electrons. The van der Waals surface area contributed by atoms with Gasteiger partial charge in [-0.3, -0.25) is 4.79 Å². The number of benzene rings is 1. The number of fused-ring (bicyclic) bond motifs is 3. The molecule has 1 aromatic heterocycles. The van der Waals surface area contributed by atoms with Crippen molar-refractivity contribution >= 4 is 16.8 Å². The van der Waals surface area contributed by atoms with Gasteiger partial charge in [-0.25, -0.2) is 0 Å². The van der Waals surface area contributed by atoms with Crippen LogP contribution in [0.4, 0.5) is 0 Å². The first-order chi connectivity index (χ1) is 9.78. The highest BCUT2D eigenvalue weighted by Gasteiger charge is 2.32. The van der Waals surface area contributed by atoms with Gasteiger partial charge in [0.15, 0.2) is 0 Å². The van der Waals surface area contributed by atoms with E-state index < -0.39 is 0 Å². The zero-order chi connectivity index (χ0) is 13.5. The van der Waals surface area contributed by atoms with Crippen molar-refractivity contribution < 1.29 is 4.79 Å². The van der Waals surface area contributed by atoms with Gasteiger partial charge in [0.2, 0.25) is 0 Å². The number of aromatic amines is 1. The number of carbonyl (C=O) groups is 1. The Labute approximate surface area is 118 Å². The molecule has 1 amide bonds. The lowest BCUT2D eigenvalue weighted by Gasteiger charge is -2.30. The van der Waals surface area contributed by atoms with E-state index in [-0.39, 0.29) is 5.91 Å². The monoisotopic (exact) mass is 269 g/mol. The van der Waals surface area contributed by atoms with Crippen molar-refractivity contribution in [3.63, 3.8) is 0 Å². The molecule has 2 fully saturated rings. The third kappa shape index (κ3) is 2.10. The van der Waals surface area contributed by atoms with Crippen molar-refractivity contribution in [1.82, 2.24) is 15.2 Å². The van der Waals surface area contributed by atoms with Gasteiger partial charge >= 0.3 is 0 Å². The van der Waals surface area contributed by atoms with E-state index >= 15 is 0 Å². The summed E-state index contributed by atoms with van der Waals surface area (Å²) in [4.78, 5) is 18.0. The van der Waals surface area contributed by atoms with Crippen molar-refractivity contribution in [2.45, 2.75) is 18.9 Å². The maximum absolute atomic E-state index is 12.4. The van der Waals surface area contributed by atoms with Crippen LogP contribution < -0.4 is 5.32 Å².